The quantitative estimate of drug-likeness (QED) is 0.347. The number of benzene rings is 1. The van der Waals surface area contributed by atoms with Crippen molar-refractivity contribution in [1.29, 1.82) is 0 Å². The van der Waals surface area contributed by atoms with Crippen LogP contribution in [0.25, 0.3) is 0 Å². The van der Waals surface area contributed by atoms with E-state index in [0.717, 1.165) is 17.8 Å². The number of aromatic nitrogens is 1. The van der Waals surface area contributed by atoms with Crippen LogP contribution in [0, 0.1) is 12.3 Å². The lowest BCUT2D eigenvalue weighted by Crippen LogP contribution is -2.46. The molecule has 195 valence electrons. The van der Waals surface area contributed by atoms with Crippen molar-refractivity contribution in [2.75, 3.05) is 33.8 Å². The van der Waals surface area contributed by atoms with Gasteiger partial charge in [0.05, 0.1) is 46.3 Å². The minimum Gasteiger partial charge on any atom is -0.496 e. The van der Waals surface area contributed by atoms with E-state index in [2.05, 4.69) is 51.1 Å². The molecule has 2 atom stereocenters. The van der Waals surface area contributed by atoms with E-state index in [1.165, 1.54) is 0 Å². The topological polar surface area (TPSA) is 80.3 Å². The molecular formula is C26H41N2O6Si. The Balaban J connectivity index is 2.54. The predicted octanol–water partition coefficient (Wildman–Crippen LogP) is 6.09. The van der Waals surface area contributed by atoms with Gasteiger partial charge in [-0.1, -0.05) is 27.7 Å². The first-order valence-corrected chi connectivity index (χ1v) is 14.2. The van der Waals surface area contributed by atoms with E-state index in [4.69, 9.17) is 28.1 Å². The van der Waals surface area contributed by atoms with E-state index < -0.39 is 9.04 Å². The molecule has 0 amide bonds. The Labute approximate surface area is 212 Å². The maximum atomic E-state index is 6.46. The number of anilines is 1. The van der Waals surface area contributed by atoms with E-state index in [1.807, 2.05) is 13.0 Å². The van der Waals surface area contributed by atoms with Gasteiger partial charge in [0, 0.05) is 17.8 Å². The number of hydrogen-bond donors (Lipinski definition) is 1. The van der Waals surface area contributed by atoms with Crippen LogP contribution in [0.4, 0.5) is 5.69 Å². The summed E-state index contributed by atoms with van der Waals surface area (Å²) in [6, 6.07) is 5.47. The number of methoxy groups -OCH3 is 4. The SMILES string of the molecule is CCC(Nc1cc(C)nc(Oc2c(OC)cc(OC)cc2OC)c1OC)C(O[Si](C)C)C(C)(C)C. The highest BCUT2D eigenvalue weighted by molar-refractivity contribution is 6.48. The summed E-state index contributed by atoms with van der Waals surface area (Å²) >= 11 is 0. The summed E-state index contributed by atoms with van der Waals surface area (Å²) in [6.07, 6.45) is 0.887. The first-order chi connectivity index (χ1) is 16.5. The second-order valence-electron chi connectivity index (χ2n) is 9.58. The Morgan fingerprint density at radius 2 is 1.51 bits per heavy atom. The molecule has 35 heavy (non-hydrogen) atoms. The number of hydrogen-bond acceptors (Lipinski definition) is 8. The zero-order valence-electron chi connectivity index (χ0n) is 23.0. The van der Waals surface area contributed by atoms with Gasteiger partial charge in [-0.15, -0.1) is 0 Å². The molecule has 9 heteroatoms. The molecule has 0 bridgehead atoms. The average Bonchev–Trinajstić information content (AvgIpc) is 2.80. The summed E-state index contributed by atoms with van der Waals surface area (Å²) < 4.78 is 34.9. The molecule has 0 aliphatic heterocycles. The normalized spacial score (nSPS) is 13.3. The monoisotopic (exact) mass is 505 g/mol. The lowest BCUT2D eigenvalue weighted by atomic mass is 9.83. The molecule has 0 fully saturated rings. The molecule has 1 heterocycles. The van der Waals surface area contributed by atoms with Gasteiger partial charge in [-0.3, -0.25) is 0 Å². The summed E-state index contributed by atoms with van der Waals surface area (Å²) in [7, 11) is 5.40. The molecule has 0 spiro atoms. The Morgan fingerprint density at radius 1 is 0.914 bits per heavy atom. The van der Waals surface area contributed by atoms with Gasteiger partial charge in [0.25, 0.3) is 5.88 Å². The van der Waals surface area contributed by atoms with Crippen LogP contribution in [0.3, 0.4) is 0 Å². The lowest BCUT2D eigenvalue weighted by molar-refractivity contribution is 0.0675. The third-order valence-electron chi connectivity index (χ3n) is 5.51. The van der Waals surface area contributed by atoms with E-state index in [-0.39, 0.29) is 17.6 Å². The van der Waals surface area contributed by atoms with Crippen molar-refractivity contribution >= 4 is 14.7 Å². The largest absolute Gasteiger partial charge is 0.496 e. The predicted molar refractivity (Wildman–Crippen MR) is 141 cm³/mol. The van der Waals surface area contributed by atoms with Gasteiger partial charge in [0.2, 0.25) is 20.5 Å². The van der Waals surface area contributed by atoms with Crippen molar-refractivity contribution in [3.05, 3.63) is 23.9 Å². The van der Waals surface area contributed by atoms with Crippen LogP contribution in [-0.4, -0.2) is 54.6 Å². The molecule has 1 aromatic heterocycles. The highest BCUT2D eigenvalue weighted by Gasteiger charge is 2.34. The maximum Gasteiger partial charge on any atom is 0.265 e. The number of ether oxygens (including phenoxy) is 5. The molecule has 0 saturated heterocycles. The zero-order valence-corrected chi connectivity index (χ0v) is 24.0. The van der Waals surface area contributed by atoms with Crippen LogP contribution in [0.15, 0.2) is 18.2 Å². The van der Waals surface area contributed by atoms with Crippen molar-refractivity contribution < 1.29 is 28.1 Å². The minimum atomic E-state index is -0.900. The first-order valence-electron chi connectivity index (χ1n) is 11.8. The summed E-state index contributed by atoms with van der Waals surface area (Å²) in [5, 5.41) is 3.67. The van der Waals surface area contributed by atoms with Gasteiger partial charge in [0.15, 0.2) is 11.5 Å². The number of rotatable bonds is 12. The van der Waals surface area contributed by atoms with Gasteiger partial charge < -0.3 is 33.4 Å². The molecular weight excluding hydrogens is 464 g/mol. The van der Waals surface area contributed by atoms with E-state index in [1.54, 1.807) is 40.6 Å². The number of nitrogens with one attached hydrogen (secondary N) is 1. The third-order valence-corrected chi connectivity index (χ3v) is 6.23. The fraction of sp³-hybridized carbons (Fsp3) is 0.577. The Kier molecular flexibility index (Phi) is 10.1. The average molecular weight is 506 g/mol. The Bertz CT molecular complexity index is 952. The Hall–Kier alpha value is -2.65. The summed E-state index contributed by atoms with van der Waals surface area (Å²) in [5.74, 6) is 2.66. The number of pyridine rings is 1. The fourth-order valence-electron chi connectivity index (χ4n) is 3.89. The minimum absolute atomic E-state index is 0.0145. The van der Waals surface area contributed by atoms with Crippen LogP contribution in [0.2, 0.25) is 13.1 Å². The smallest absolute Gasteiger partial charge is 0.265 e. The molecule has 1 aromatic carbocycles. The van der Waals surface area contributed by atoms with Crippen molar-refractivity contribution in [2.24, 2.45) is 5.41 Å². The molecule has 1 N–H and O–H groups in total. The molecule has 8 nitrogen and oxygen atoms in total. The van der Waals surface area contributed by atoms with Crippen molar-refractivity contribution in [2.45, 2.75) is 66.3 Å². The van der Waals surface area contributed by atoms with E-state index in [9.17, 15) is 0 Å². The molecule has 0 aliphatic carbocycles. The second-order valence-corrected chi connectivity index (χ2v) is 11.6. The molecule has 0 saturated carbocycles. The third kappa shape index (κ3) is 7.17. The molecule has 2 aromatic rings. The van der Waals surface area contributed by atoms with Crippen molar-refractivity contribution in [1.82, 2.24) is 4.98 Å². The van der Waals surface area contributed by atoms with Crippen LogP contribution in [0.5, 0.6) is 34.6 Å². The first kappa shape index (κ1) is 28.6. The highest BCUT2D eigenvalue weighted by atomic mass is 28.3. The Morgan fingerprint density at radius 3 is 1.94 bits per heavy atom. The summed E-state index contributed by atoms with van der Waals surface area (Å²) in [4.78, 5) is 4.61. The maximum absolute atomic E-state index is 6.46. The van der Waals surface area contributed by atoms with Gasteiger partial charge in [-0.05, 0) is 37.9 Å². The molecule has 0 aliphatic rings. The molecule has 2 rings (SSSR count). The highest BCUT2D eigenvalue weighted by Crippen LogP contribution is 2.46. The van der Waals surface area contributed by atoms with Gasteiger partial charge >= 0.3 is 0 Å². The van der Waals surface area contributed by atoms with Crippen LogP contribution in [-0.2, 0) is 4.43 Å². The van der Waals surface area contributed by atoms with Gasteiger partial charge in [0.1, 0.15) is 5.75 Å². The van der Waals surface area contributed by atoms with E-state index in [0.29, 0.717) is 34.6 Å². The van der Waals surface area contributed by atoms with Gasteiger partial charge in [-0.2, -0.15) is 0 Å². The molecule has 1 radical (unpaired) electrons. The number of nitrogens with zero attached hydrogens (tertiary/aromatic N) is 1. The summed E-state index contributed by atoms with van der Waals surface area (Å²) in [5.41, 5.74) is 1.51. The second kappa shape index (κ2) is 12.4. The van der Waals surface area contributed by atoms with Crippen LogP contribution < -0.4 is 29.0 Å². The molecule has 2 unspecified atom stereocenters. The van der Waals surface area contributed by atoms with Gasteiger partial charge in [-0.25, -0.2) is 4.98 Å². The number of aryl methyl sites for hydroxylation is 1. The van der Waals surface area contributed by atoms with Crippen molar-refractivity contribution in [3.8, 4) is 34.6 Å². The van der Waals surface area contributed by atoms with E-state index >= 15 is 0 Å². The standard InChI is InChI=1S/C26H41N2O6Si/c1-12-18(24(26(3,4)5)34-35(10)11)28-19-13-16(2)27-25(22(19)32-9)33-23-20(30-7)14-17(29-6)15-21(23)31-8/h13-15,18,24H,12H2,1-11H3,(H,27,28). The fourth-order valence-corrected chi connectivity index (χ4v) is 4.91. The van der Waals surface area contributed by atoms with Crippen molar-refractivity contribution in [3.63, 3.8) is 0 Å². The zero-order chi connectivity index (χ0) is 26.3. The van der Waals surface area contributed by atoms with Crippen LogP contribution >= 0.6 is 0 Å². The van der Waals surface area contributed by atoms with Crippen LogP contribution in [0.1, 0.15) is 39.8 Å². The summed E-state index contributed by atoms with van der Waals surface area (Å²) in [6.45, 7) is 15.0. The lowest BCUT2D eigenvalue weighted by Gasteiger charge is -2.39.